The molecule has 0 spiro atoms. The second-order valence-electron chi connectivity index (χ2n) is 6.88. The molecule has 2 aromatic rings. The molecule has 1 saturated heterocycles. The number of hydrogen-bond acceptors (Lipinski definition) is 4. The van der Waals surface area contributed by atoms with Crippen LogP contribution in [-0.4, -0.2) is 29.9 Å². The van der Waals surface area contributed by atoms with E-state index in [1.165, 1.54) is 6.08 Å². The predicted octanol–water partition coefficient (Wildman–Crippen LogP) is 3.48. The minimum atomic E-state index is -0.724. The lowest BCUT2D eigenvalue weighted by Crippen LogP contribution is -2.53. The molecular weight excluding hydrogens is 356 g/mol. The topological polar surface area (TPSA) is 75.7 Å². The molecule has 6 nitrogen and oxygen atoms in total. The van der Waals surface area contributed by atoms with E-state index in [2.05, 4.69) is 19.2 Å². The highest BCUT2D eigenvalue weighted by Gasteiger charge is 2.35. The fourth-order valence-electron chi connectivity index (χ4n) is 2.89. The summed E-state index contributed by atoms with van der Waals surface area (Å²) in [6, 6.07) is 13.9. The van der Waals surface area contributed by atoms with Crippen LogP contribution in [0.15, 0.2) is 54.1 Å². The van der Waals surface area contributed by atoms with E-state index < -0.39 is 17.8 Å². The minimum Gasteiger partial charge on any atom is -0.497 e. The number of ether oxygens (including phenoxy) is 1. The molecule has 4 amide bonds. The third-order valence-electron chi connectivity index (χ3n) is 4.60. The Labute approximate surface area is 163 Å². The Balaban J connectivity index is 1.84. The zero-order valence-electron chi connectivity index (χ0n) is 16.1. The van der Waals surface area contributed by atoms with Gasteiger partial charge in [-0.1, -0.05) is 50.2 Å². The molecule has 1 N–H and O–H groups in total. The van der Waals surface area contributed by atoms with Gasteiger partial charge in [-0.05, 0) is 40.8 Å². The molecule has 1 aliphatic heterocycles. The Kier molecular flexibility index (Phi) is 5.59. The summed E-state index contributed by atoms with van der Waals surface area (Å²) in [7, 11) is 1.56. The lowest BCUT2D eigenvalue weighted by Gasteiger charge is -2.26. The number of amides is 4. The van der Waals surface area contributed by atoms with Gasteiger partial charge in [0.05, 0.1) is 13.7 Å². The second kappa shape index (κ2) is 8.08. The summed E-state index contributed by atoms with van der Waals surface area (Å²) in [6.07, 6.45) is 1.51. The fraction of sp³-hybridized carbons (Fsp3) is 0.227. The molecule has 0 aromatic heterocycles. The molecule has 6 heteroatoms. The van der Waals surface area contributed by atoms with E-state index in [0.29, 0.717) is 11.7 Å². The summed E-state index contributed by atoms with van der Waals surface area (Å²) >= 11 is 0. The number of imide groups is 2. The van der Waals surface area contributed by atoms with Crippen molar-refractivity contribution in [1.29, 1.82) is 0 Å². The highest BCUT2D eigenvalue weighted by Crippen LogP contribution is 2.20. The van der Waals surface area contributed by atoms with Crippen LogP contribution in [0.1, 0.15) is 36.5 Å². The van der Waals surface area contributed by atoms with Gasteiger partial charge in [-0.25, -0.2) is 4.79 Å². The largest absolute Gasteiger partial charge is 0.497 e. The van der Waals surface area contributed by atoms with Gasteiger partial charge >= 0.3 is 6.03 Å². The normalized spacial score (nSPS) is 15.9. The number of carbonyl (C=O) groups excluding carboxylic acids is 3. The number of benzene rings is 2. The number of nitrogens with zero attached hydrogens (tertiary/aromatic N) is 1. The first kappa shape index (κ1) is 19.4. The molecule has 0 radical (unpaired) electrons. The second-order valence-corrected chi connectivity index (χ2v) is 6.88. The van der Waals surface area contributed by atoms with Gasteiger partial charge in [-0.2, -0.15) is 0 Å². The quantitative estimate of drug-likeness (QED) is 0.638. The van der Waals surface area contributed by atoms with E-state index in [-0.39, 0.29) is 12.1 Å². The maximum absolute atomic E-state index is 12.8. The van der Waals surface area contributed by atoms with Crippen LogP contribution in [0, 0.1) is 0 Å². The average Bonchev–Trinajstić information content (AvgIpc) is 2.69. The van der Waals surface area contributed by atoms with Crippen LogP contribution in [0.3, 0.4) is 0 Å². The van der Waals surface area contributed by atoms with Crippen molar-refractivity contribution in [3.05, 3.63) is 70.8 Å². The monoisotopic (exact) mass is 378 g/mol. The Morgan fingerprint density at radius 2 is 1.64 bits per heavy atom. The summed E-state index contributed by atoms with van der Waals surface area (Å²) < 4.78 is 5.11. The van der Waals surface area contributed by atoms with Gasteiger partial charge in [0.1, 0.15) is 11.3 Å². The molecule has 0 saturated carbocycles. The van der Waals surface area contributed by atoms with Gasteiger partial charge in [0.25, 0.3) is 11.8 Å². The van der Waals surface area contributed by atoms with Gasteiger partial charge in [0.15, 0.2) is 0 Å². The first-order valence-electron chi connectivity index (χ1n) is 9.01. The molecule has 0 atom stereocenters. The van der Waals surface area contributed by atoms with Crippen molar-refractivity contribution in [2.75, 3.05) is 7.11 Å². The molecule has 1 heterocycles. The van der Waals surface area contributed by atoms with E-state index in [4.69, 9.17) is 4.74 Å². The molecule has 28 heavy (non-hydrogen) atoms. The number of carbonyl (C=O) groups is 3. The zero-order chi connectivity index (χ0) is 20.3. The zero-order valence-corrected chi connectivity index (χ0v) is 16.1. The van der Waals surface area contributed by atoms with Crippen LogP contribution >= 0.6 is 0 Å². The highest BCUT2D eigenvalue weighted by atomic mass is 16.5. The molecule has 144 valence electrons. The Morgan fingerprint density at radius 3 is 2.21 bits per heavy atom. The molecule has 0 unspecified atom stereocenters. The van der Waals surface area contributed by atoms with Crippen molar-refractivity contribution in [3.8, 4) is 5.75 Å². The lowest BCUT2D eigenvalue weighted by atomic mass is 10.0. The SMILES string of the molecule is COc1ccc(CN2C(=O)NC(=O)/C(=C/c3ccc(C(C)C)cc3)C2=O)cc1. The fourth-order valence-corrected chi connectivity index (χ4v) is 2.89. The van der Waals surface area contributed by atoms with Crippen LogP contribution in [-0.2, 0) is 16.1 Å². The molecule has 3 rings (SSSR count). The van der Waals surface area contributed by atoms with Gasteiger partial charge in [-0.15, -0.1) is 0 Å². The molecule has 2 aromatic carbocycles. The van der Waals surface area contributed by atoms with Crippen molar-refractivity contribution in [2.45, 2.75) is 26.3 Å². The van der Waals surface area contributed by atoms with Crippen LogP contribution < -0.4 is 10.1 Å². The van der Waals surface area contributed by atoms with E-state index in [0.717, 1.165) is 21.6 Å². The number of rotatable bonds is 5. The maximum Gasteiger partial charge on any atom is 0.331 e. The van der Waals surface area contributed by atoms with Crippen molar-refractivity contribution in [1.82, 2.24) is 10.2 Å². The maximum atomic E-state index is 12.8. The van der Waals surface area contributed by atoms with E-state index >= 15 is 0 Å². The van der Waals surface area contributed by atoms with E-state index in [1.54, 1.807) is 31.4 Å². The average molecular weight is 378 g/mol. The van der Waals surface area contributed by atoms with E-state index in [9.17, 15) is 14.4 Å². The lowest BCUT2D eigenvalue weighted by molar-refractivity contribution is -0.130. The number of hydrogen-bond donors (Lipinski definition) is 1. The third-order valence-corrected chi connectivity index (χ3v) is 4.60. The Bertz CT molecular complexity index is 928. The summed E-state index contributed by atoms with van der Waals surface area (Å²) in [6.45, 7) is 4.24. The Morgan fingerprint density at radius 1 is 1.00 bits per heavy atom. The smallest absolute Gasteiger partial charge is 0.331 e. The summed E-state index contributed by atoms with van der Waals surface area (Å²) in [4.78, 5) is 38.2. The molecule has 0 aliphatic carbocycles. The molecule has 1 aliphatic rings. The van der Waals surface area contributed by atoms with Crippen LogP contribution in [0.2, 0.25) is 0 Å². The van der Waals surface area contributed by atoms with Crippen molar-refractivity contribution >= 4 is 23.9 Å². The van der Waals surface area contributed by atoms with Crippen molar-refractivity contribution in [2.24, 2.45) is 0 Å². The first-order valence-corrected chi connectivity index (χ1v) is 9.01. The number of barbiturate groups is 1. The Hall–Kier alpha value is -3.41. The van der Waals surface area contributed by atoms with Gasteiger partial charge in [0.2, 0.25) is 0 Å². The van der Waals surface area contributed by atoms with Crippen molar-refractivity contribution < 1.29 is 19.1 Å². The number of methoxy groups -OCH3 is 1. The highest BCUT2D eigenvalue weighted by molar-refractivity contribution is 6.30. The summed E-state index contributed by atoms with van der Waals surface area (Å²) in [5, 5.41) is 2.24. The third kappa shape index (κ3) is 4.11. The van der Waals surface area contributed by atoms with Gasteiger partial charge in [0, 0.05) is 0 Å². The van der Waals surface area contributed by atoms with Crippen LogP contribution in [0.5, 0.6) is 5.75 Å². The minimum absolute atomic E-state index is 0.0611. The number of nitrogens with one attached hydrogen (secondary N) is 1. The first-order chi connectivity index (χ1) is 13.4. The summed E-state index contributed by atoms with van der Waals surface area (Å²) in [5.41, 5.74) is 2.57. The summed E-state index contributed by atoms with van der Waals surface area (Å²) in [5.74, 6) is -0.232. The molecular formula is C22H22N2O4. The standard InChI is InChI=1S/C22H22N2O4/c1-14(2)17-8-4-15(5-9-17)12-19-20(25)23-22(27)24(21(19)26)13-16-6-10-18(28-3)11-7-16/h4-12,14H,13H2,1-3H3,(H,23,25,27)/b19-12-. The predicted molar refractivity (Wildman–Crippen MR) is 106 cm³/mol. The van der Waals surface area contributed by atoms with Gasteiger partial charge < -0.3 is 4.74 Å². The van der Waals surface area contributed by atoms with Crippen molar-refractivity contribution in [3.63, 3.8) is 0 Å². The molecule has 0 bridgehead atoms. The van der Waals surface area contributed by atoms with Gasteiger partial charge in [-0.3, -0.25) is 19.8 Å². The van der Waals surface area contributed by atoms with Crippen LogP contribution in [0.4, 0.5) is 4.79 Å². The van der Waals surface area contributed by atoms with E-state index in [1.807, 2.05) is 24.3 Å². The van der Waals surface area contributed by atoms with Crippen LogP contribution in [0.25, 0.3) is 6.08 Å². The number of urea groups is 1. The molecule has 1 fully saturated rings.